The van der Waals surface area contributed by atoms with Gasteiger partial charge in [-0.2, -0.15) is 0 Å². The summed E-state index contributed by atoms with van der Waals surface area (Å²) in [5.41, 5.74) is 0.721. The lowest BCUT2D eigenvalue weighted by atomic mass is 10.0. The molecule has 3 atom stereocenters. The Morgan fingerprint density at radius 3 is 2.07 bits per heavy atom. The molecule has 1 aliphatic heterocycles. The summed E-state index contributed by atoms with van der Waals surface area (Å²) >= 11 is 0. The molecule has 2 aromatic carbocycles. The number of benzene rings is 2. The molecular weight excluding hydrogens is 390 g/mol. The van der Waals surface area contributed by atoms with Crippen molar-refractivity contribution < 1.29 is 33.7 Å². The van der Waals surface area contributed by atoms with Gasteiger partial charge in [-0.05, 0) is 31.2 Å². The van der Waals surface area contributed by atoms with Gasteiger partial charge in [0.05, 0.1) is 17.7 Å². The van der Waals surface area contributed by atoms with E-state index in [2.05, 4.69) is 5.16 Å². The Labute approximate surface area is 174 Å². The van der Waals surface area contributed by atoms with Crippen LogP contribution >= 0.6 is 0 Å². The van der Waals surface area contributed by atoms with Crippen molar-refractivity contribution in [2.75, 3.05) is 13.2 Å². The van der Waals surface area contributed by atoms with Crippen LogP contribution in [0.5, 0.6) is 0 Å². The van der Waals surface area contributed by atoms with Gasteiger partial charge in [-0.25, -0.2) is 9.59 Å². The van der Waals surface area contributed by atoms with Gasteiger partial charge < -0.3 is 24.2 Å². The molecule has 1 heterocycles. The highest BCUT2D eigenvalue weighted by Crippen LogP contribution is 2.30. The highest BCUT2D eigenvalue weighted by atomic mass is 16.7. The maximum Gasteiger partial charge on any atom is 0.338 e. The van der Waals surface area contributed by atoms with Crippen LogP contribution < -0.4 is 0 Å². The Bertz CT molecular complexity index is 872. The second kappa shape index (κ2) is 10.00. The van der Waals surface area contributed by atoms with Gasteiger partial charge in [0.2, 0.25) is 5.79 Å². The van der Waals surface area contributed by atoms with Gasteiger partial charge in [0, 0.05) is 13.0 Å². The van der Waals surface area contributed by atoms with Crippen LogP contribution in [0.4, 0.5) is 0 Å². The molecule has 0 spiro atoms. The minimum atomic E-state index is -1.40. The smallest absolute Gasteiger partial charge is 0.338 e. The molecule has 1 fully saturated rings. The van der Waals surface area contributed by atoms with Gasteiger partial charge in [0.25, 0.3) is 0 Å². The van der Waals surface area contributed by atoms with E-state index in [0.29, 0.717) is 11.1 Å². The van der Waals surface area contributed by atoms with E-state index in [1.54, 1.807) is 67.6 Å². The number of carbonyl (C=O) groups is 2. The monoisotopic (exact) mass is 413 g/mol. The predicted octanol–water partition coefficient (Wildman–Crippen LogP) is 3.05. The third-order valence-corrected chi connectivity index (χ3v) is 4.57. The molecule has 0 radical (unpaired) electrons. The van der Waals surface area contributed by atoms with Crippen LogP contribution in [0, 0.1) is 0 Å². The van der Waals surface area contributed by atoms with Gasteiger partial charge in [-0.1, -0.05) is 41.6 Å². The number of oxime groups is 1. The third kappa shape index (κ3) is 5.22. The summed E-state index contributed by atoms with van der Waals surface area (Å²) in [6.45, 7) is 1.90. The summed E-state index contributed by atoms with van der Waals surface area (Å²) in [6.07, 6.45) is -0.680. The number of rotatable bonds is 7. The van der Waals surface area contributed by atoms with Crippen molar-refractivity contribution in [2.45, 2.75) is 31.3 Å². The van der Waals surface area contributed by atoms with Gasteiger partial charge in [-0.15, -0.1) is 0 Å². The van der Waals surface area contributed by atoms with Gasteiger partial charge in [0.1, 0.15) is 12.3 Å². The molecule has 1 N–H and O–H groups in total. The Morgan fingerprint density at radius 2 is 1.57 bits per heavy atom. The van der Waals surface area contributed by atoms with Crippen molar-refractivity contribution in [3.63, 3.8) is 0 Å². The Morgan fingerprint density at radius 1 is 1.03 bits per heavy atom. The molecule has 0 aliphatic carbocycles. The van der Waals surface area contributed by atoms with E-state index in [9.17, 15) is 9.59 Å². The molecule has 0 amide bonds. The summed E-state index contributed by atoms with van der Waals surface area (Å²) in [5, 5.41) is 12.1. The lowest BCUT2D eigenvalue weighted by molar-refractivity contribution is -0.249. The van der Waals surface area contributed by atoms with Crippen LogP contribution in [0.2, 0.25) is 0 Å². The van der Waals surface area contributed by atoms with Crippen LogP contribution in [0.3, 0.4) is 0 Å². The molecule has 0 aromatic heterocycles. The molecule has 1 saturated heterocycles. The number of hydrogen-bond acceptors (Lipinski definition) is 8. The fourth-order valence-corrected chi connectivity index (χ4v) is 3.15. The standard InChI is InChI=1S/C22H23NO7/c1-2-27-22(15-23-26)13-18(29-20(24)16-9-5-3-6-10-16)19(14-28-22)30-21(25)17-11-7-4-8-12-17/h3-12,15,18-19,26H,2,13-14H2,1H3/t18-,19+,22-/m0/s1. The summed E-state index contributed by atoms with van der Waals surface area (Å²) in [6, 6.07) is 16.9. The zero-order valence-corrected chi connectivity index (χ0v) is 16.5. The minimum absolute atomic E-state index is 0.0176. The quantitative estimate of drug-likeness (QED) is 0.322. The van der Waals surface area contributed by atoms with Gasteiger partial charge in [0.15, 0.2) is 6.10 Å². The minimum Gasteiger partial charge on any atom is -0.454 e. The van der Waals surface area contributed by atoms with E-state index in [4.69, 9.17) is 24.2 Å². The van der Waals surface area contributed by atoms with Crippen molar-refractivity contribution in [1.82, 2.24) is 0 Å². The number of hydrogen-bond donors (Lipinski definition) is 1. The molecule has 2 aromatic rings. The third-order valence-electron chi connectivity index (χ3n) is 4.57. The fraction of sp³-hybridized carbons (Fsp3) is 0.318. The normalized spacial score (nSPS) is 23.8. The molecule has 0 unspecified atom stereocenters. The van der Waals surface area contributed by atoms with Crippen LogP contribution in [-0.4, -0.2) is 54.6 Å². The zero-order chi connectivity index (χ0) is 21.4. The van der Waals surface area contributed by atoms with Crippen LogP contribution in [0.25, 0.3) is 0 Å². The molecule has 3 rings (SSSR count). The molecule has 8 nitrogen and oxygen atoms in total. The van der Waals surface area contributed by atoms with Crippen LogP contribution in [0.15, 0.2) is 65.8 Å². The first-order valence-corrected chi connectivity index (χ1v) is 9.55. The summed E-state index contributed by atoms with van der Waals surface area (Å²) in [7, 11) is 0. The number of esters is 2. The highest BCUT2D eigenvalue weighted by molar-refractivity contribution is 5.90. The first-order chi connectivity index (χ1) is 14.6. The van der Waals surface area contributed by atoms with Gasteiger partial charge in [-0.3, -0.25) is 0 Å². The highest BCUT2D eigenvalue weighted by Gasteiger charge is 2.46. The summed E-state index contributed by atoms with van der Waals surface area (Å²) < 4.78 is 22.5. The molecular formula is C22H23NO7. The molecule has 0 saturated carbocycles. The molecule has 1 aliphatic rings. The van der Waals surface area contributed by atoms with E-state index >= 15 is 0 Å². The van der Waals surface area contributed by atoms with Crippen LogP contribution in [0.1, 0.15) is 34.1 Å². The van der Waals surface area contributed by atoms with E-state index in [1.807, 2.05) is 0 Å². The topological polar surface area (TPSA) is 104 Å². The Hall–Kier alpha value is -3.23. The first-order valence-electron chi connectivity index (χ1n) is 9.55. The predicted molar refractivity (Wildman–Crippen MR) is 106 cm³/mol. The van der Waals surface area contributed by atoms with E-state index < -0.39 is 29.9 Å². The number of nitrogens with zero attached hydrogens (tertiary/aromatic N) is 1. The average molecular weight is 413 g/mol. The number of ether oxygens (including phenoxy) is 4. The maximum absolute atomic E-state index is 12.6. The largest absolute Gasteiger partial charge is 0.454 e. The molecule has 0 bridgehead atoms. The summed E-state index contributed by atoms with van der Waals surface area (Å²) in [5.74, 6) is -2.54. The SMILES string of the molecule is CCO[C@@]1(C=NO)C[C@H](OC(=O)c2ccccc2)[C@H](OC(=O)c2ccccc2)CO1. The Kier molecular flexibility index (Phi) is 7.16. The van der Waals surface area contributed by atoms with Crippen molar-refractivity contribution >= 4 is 18.2 Å². The van der Waals surface area contributed by atoms with Crippen molar-refractivity contribution in [1.29, 1.82) is 0 Å². The Balaban J connectivity index is 1.81. The second-order valence-electron chi connectivity index (χ2n) is 6.62. The lowest BCUT2D eigenvalue weighted by Gasteiger charge is -2.40. The van der Waals surface area contributed by atoms with Crippen LogP contribution in [-0.2, 0) is 18.9 Å². The molecule has 30 heavy (non-hydrogen) atoms. The lowest BCUT2D eigenvalue weighted by Crippen LogP contribution is -2.54. The zero-order valence-electron chi connectivity index (χ0n) is 16.5. The van der Waals surface area contributed by atoms with Gasteiger partial charge >= 0.3 is 11.9 Å². The van der Waals surface area contributed by atoms with E-state index in [-0.39, 0.29) is 19.6 Å². The van der Waals surface area contributed by atoms with E-state index in [0.717, 1.165) is 6.21 Å². The summed E-state index contributed by atoms with van der Waals surface area (Å²) in [4.78, 5) is 25.1. The van der Waals surface area contributed by atoms with E-state index in [1.165, 1.54) is 0 Å². The molecule has 158 valence electrons. The average Bonchev–Trinajstić information content (AvgIpc) is 2.77. The van der Waals surface area contributed by atoms with Crippen molar-refractivity contribution in [2.24, 2.45) is 5.16 Å². The fourth-order valence-electron chi connectivity index (χ4n) is 3.15. The van der Waals surface area contributed by atoms with Crippen molar-refractivity contribution in [3.8, 4) is 0 Å². The first kappa shape index (κ1) is 21.5. The second-order valence-corrected chi connectivity index (χ2v) is 6.62. The number of carbonyl (C=O) groups excluding carboxylic acids is 2. The molecule has 8 heteroatoms. The maximum atomic E-state index is 12.6. The van der Waals surface area contributed by atoms with Crippen molar-refractivity contribution in [3.05, 3.63) is 71.8 Å².